The molecule has 2 N–H and O–H groups in total. The lowest BCUT2D eigenvalue weighted by Gasteiger charge is -2.27. The van der Waals surface area contributed by atoms with Crippen LogP contribution in [0.1, 0.15) is 33.7 Å². The van der Waals surface area contributed by atoms with Crippen LogP contribution in [0.15, 0.2) is 78.2 Å². The zero-order valence-corrected chi connectivity index (χ0v) is 26.7. The smallest absolute Gasteiger partial charge is 0.349 e. The Morgan fingerprint density at radius 1 is 0.933 bits per heavy atom. The van der Waals surface area contributed by atoms with Crippen molar-refractivity contribution in [2.45, 2.75) is 26.4 Å². The average molecular weight is 666 g/mol. The van der Waals surface area contributed by atoms with Crippen molar-refractivity contribution in [2.75, 3.05) is 13.7 Å². The fourth-order valence-corrected chi connectivity index (χ4v) is 5.48. The van der Waals surface area contributed by atoms with E-state index in [1.807, 2.05) is 19.9 Å². The molecule has 0 saturated carbocycles. The zero-order valence-electron chi connectivity index (χ0n) is 24.5. The SMILES string of the molecule is COc1cc(C2C(C#N)=C(N)Oc3cc(OC(=O)COc4cc(C)c(Cl)c(C)c4)ccc32)ccc1OCc1ccc(Cl)cc1Cl. The van der Waals surface area contributed by atoms with Gasteiger partial charge in [-0.2, -0.15) is 5.26 Å². The van der Waals surface area contributed by atoms with Gasteiger partial charge in [-0.3, -0.25) is 0 Å². The molecule has 0 aliphatic carbocycles. The molecular formula is C34H27Cl3N2O6. The van der Waals surface area contributed by atoms with Gasteiger partial charge in [-0.25, -0.2) is 4.79 Å². The molecule has 4 aromatic rings. The number of rotatable bonds is 9. The van der Waals surface area contributed by atoms with Gasteiger partial charge in [0, 0.05) is 32.3 Å². The van der Waals surface area contributed by atoms with E-state index in [1.54, 1.807) is 60.7 Å². The molecule has 230 valence electrons. The largest absolute Gasteiger partial charge is 0.493 e. The minimum absolute atomic E-state index is 0.0630. The molecule has 1 aliphatic heterocycles. The van der Waals surface area contributed by atoms with Crippen LogP contribution in [0.4, 0.5) is 0 Å². The van der Waals surface area contributed by atoms with Gasteiger partial charge < -0.3 is 29.4 Å². The van der Waals surface area contributed by atoms with Gasteiger partial charge in [-0.15, -0.1) is 0 Å². The number of ether oxygens (including phenoxy) is 5. The van der Waals surface area contributed by atoms with Crippen molar-refractivity contribution in [3.05, 3.63) is 121 Å². The van der Waals surface area contributed by atoms with Gasteiger partial charge in [-0.05, 0) is 73.0 Å². The van der Waals surface area contributed by atoms with Crippen LogP contribution in [0, 0.1) is 25.2 Å². The van der Waals surface area contributed by atoms with E-state index in [9.17, 15) is 10.1 Å². The topological polar surface area (TPSA) is 113 Å². The summed E-state index contributed by atoms with van der Waals surface area (Å²) in [7, 11) is 1.52. The van der Waals surface area contributed by atoms with E-state index in [-0.39, 0.29) is 30.4 Å². The number of hydrogen-bond acceptors (Lipinski definition) is 8. The second-order valence-corrected chi connectivity index (χ2v) is 11.4. The Balaban J connectivity index is 1.35. The molecule has 0 aromatic heterocycles. The number of fused-ring (bicyclic) bond motifs is 1. The fraction of sp³-hybridized carbons (Fsp3) is 0.176. The predicted molar refractivity (Wildman–Crippen MR) is 172 cm³/mol. The Kier molecular flexibility index (Phi) is 9.64. The Labute approximate surface area is 275 Å². The van der Waals surface area contributed by atoms with Gasteiger partial charge in [0.2, 0.25) is 5.88 Å². The molecule has 1 aliphatic rings. The van der Waals surface area contributed by atoms with Crippen LogP contribution in [-0.4, -0.2) is 19.7 Å². The van der Waals surface area contributed by atoms with Gasteiger partial charge in [0.05, 0.1) is 13.0 Å². The van der Waals surface area contributed by atoms with E-state index in [0.717, 1.165) is 16.7 Å². The molecule has 0 bridgehead atoms. The Bertz CT molecular complexity index is 1840. The zero-order chi connectivity index (χ0) is 32.2. The first-order valence-electron chi connectivity index (χ1n) is 13.6. The van der Waals surface area contributed by atoms with Crippen LogP contribution in [0.3, 0.4) is 0 Å². The second kappa shape index (κ2) is 13.6. The highest BCUT2D eigenvalue weighted by Crippen LogP contribution is 2.45. The maximum atomic E-state index is 12.6. The number of nitriles is 1. The Morgan fingerprint density at radius 2 is 1.69 bits per heavy atom. The predicted octanol–water partition coefficient (Wildman–Crippen LogP) is 8.05. The minimum atomic E-state index is -0.617. The van der Waals surface area contributed by atoms with Crippen LogP contribution in [-0.2, 0) is 11.4 Å². The second-order valence-electron chi connectivity index (χ2n) is 10.2. The normalized spacial score (nSPS) is 13.8. The molecular weight excluding hydrogens is 639 g/mol. The maximum absolute atomic E-state index is 12.6. The average Bonchev–Trinajstić information content (AvgIpc) is 3.01. The van der Waals surface area contributed by atoms with Gasteiger partial charge in [0.15, 0.2) is 18.1 Å². The summed E-state index contributed by atoms with van der Waals surface area (Å²) in [5, 5.41) is 11.7. The van der Waals surface area contributed by atoms with Crippen molar-refractivity contribution >= 4 is 40.8 Å². The Morgan fingerprint density at radius 3 is 2.38 bits per heavy atom. The van der Waals surface area contributed by atoms with E-state index in [4.69, 9.17) is 64.2 Å². The third kappa shape index (κ3) is 7.07. The molecule has 0 saturated heterocycles. The molecule has 8 nitrogen and oxygen atoms in total. The first-order chi connectivity index (χ1) is 21.6. The molecule has 11 heteroatoms. The highest BCUT2D eigenvalue weighted by atomic mass is 35.5. The number of halogens is 3. The molecule has 1 heterocycles. The third-order valence-corrected chi connectivity index (χ3v) is 8.29. The minimum Gasteiger partial charge on any atom is -0.493 e. The summed E-state index contributed by atoms with van der Waals surface area (Å²) in [5.41, 5.74) is 10.2. The van der Waals surface area contributed by atoms with Crippen molar-refractivity contribution < 1.29 is 28.5 Å². The van der Waals surface area contributed by atoms with Crippen molar-refractivity contribution in [1.82, 2.24) is 0 Å². The van der Waals surface area contributed by atoms with Crippen LogP contribution in [0.25, 0.3) is 0 Å². The number of nitrogens with zero attached hydrogens (tertiary/aromatic N) is 1. The van der Waals surface area contributed by atoms with Crippen molar-refractivity contribution in [3.63, 3.8) is 0 Å². The molecule has 1 atom stereocenters. The number of methoxy groups -OCH3 is 1. The monoisotopic (exact) mass is 664 g/mol. The summed E-state index contributed by atoms with van der Waals surface area (Å²) in [6.45, 7) is 3.58. The van der Waals surface area contributed by atoms with Crippen LogP contribution < -0.4 is 29.4 Å². The molecule has 0 fully saturated rings. The van der Waals surface area contributed by atoms with Crippen molar-refractivity contribution in [2.24, 2.45) is 5.73 Å². The van der Waals surface area contributed by atoms with E-state index in [1.165, 1.54) is 7.11 Å². The lowest BCUT2D eigenvalue weighted by Crippen LogP contribution is -2.22. The molecule has 0 radical (unpaired) electrons. The van der Waals surface area contributed by atoms with Crippen LogP contribution in [0.5, 0.6) is 28.7 Å². The number of carbonyl (C=O) groups excluding carboxylic acids is 1. The van der Waals surface area contributed by atoms with Gasteiger partial charge >= 0.3 is 5.97 Å². The van der Waals surface area contributed by atoms with Crippen molar-refractivity contribution in [3.8, 4) is 34.8 Å². The summed E-state index contributed by atoms with van der Waals surface area (Å²) < 4.78 is 28.5. The number of hydrogen-bond donors (Lipinski definition) is 1. The Hall–Kier alpha value is -4.55. The third-order valence-electron chi connectivity index (χ3n) is 7.11. The standard InChI is InChI=1S/C34H27Cl3N2O6/c1-18-10-24(11-19(2)33(18)37)42-17-31(40)44-23-7-8-25-29(14-23)45-34(39)26(15-38)32(25)20-5-9-28(30(12-20)41-3)43-16-21-4-6-22(35)13-27(21)36/h4-14,32H,16-17,39H2,1-3H3. The molecule has 1 unspecified atom stereocenters. The molecule has 5 rings (SSSR count). The van der Waals surface area contributed by atoms with E-state index in [2.05, 4.69) is 6.07 Å². The summed E-state index contributed by atoms with van der Waals surface area (Å²) >= 11 is 18.5. The van der Waals surface area contributed by atoms with E-state index >= 15 is 0 Å². The summed E-state index contributed by atoms with van der Waals surface area (Å²) in [4.78, 5) is 12.6. The number of nitrogens with two attached hydrogens (primary N) is 1. The molecule has 0 amide bonds. The number of aryl methyl sites for hydroxylation is 2. The van der Waals surface area contributed by atoms with Crippen LogP contribution in [0.2, 0.25) is 15.1 Å². The van der Waals surface area contributed by atoms with E-state index in [0.29, 0.717) is 49.2 Å². The number of esters is 1. The lowest BCUT2D eigenvalue weighted by molar-refractivity contribution is -0.136. The highest BCUT2D eigenvalue weighted by molar-refractivity contribution is 6.35. The van der Waals surface area contributed by atoms with Gasteiger partial charge in [-0.1, -0.05) is 53.0 Å². The summed E-state index contributed by atoms with van der Waals surface area (Å²) in [6, 6.07) is 21.1. The quantitative estimate of drug-likeness (QED) is 0.141. The van der Waals surface area contributed by atoms with Crippen LogP contribution >= 0.6 is 34.8 Å². The van der Waals surface area contributed by atoms with E-state index < -0.39 is 11.9 Å². The van der Waals surface area contributed by atoms with Gasteiger partial charge in [0.1, 0.15) is 35.5 Å². The number of benzene rings is 4. The lowest BCUT2D eigenvalue weighted by atomic mass is 9.83. The maximum Gasteiger partial charge on any atom is 0.349 e. The molecule has 45 heavy (non-hydrogen) atoms. The first kappa shape index (κ1) is 31.9. The summed E-state index contributed by atoms with van der Waals surface area (Å²) in [6.07, 6.45) is 0. The first-order valence-corrected chi connectivity index (χ1v) is 14.8. The van der Waals surface area contributed by atoms with Crippen molar-refractivity contribution in [1.29, 1.82) is 5.26 Å². The fourth-order valence-electron chi connectivity index (χ4n) is 4.91. The van der Waals surface area contributed by atoms with Gasteiger partial charge in [0.25, 0.3) is 0 Å². The highest BCUT2D eigenvalue weighted by Gasteiger charge is 2.32. The number of allylic oxidation sites excluding steroid dienone is 1. The number of carbonyl (C=O) groups is 1. The summed E-state index contributed by atoms with van der Waals surface area (Å²) in [5.74, 6) is 0.716. The molecule has 0 spiro atoms. The molecule has 4 aromatic carbocycles.